The fourth-order valence-corrected chi connectivity index (χ4v) is 5.24. The molecule has 0 spiro atoms. The van der Waals surface area contributed by atoms with Gasteiger partial charge >= 0.3 is 6.18 Å². The number of anilines is 2. The van der Waals surface area contributed by atoms with Crippen molar-refractivity contribution in [2.75, 3.05) is 30.4 Å². The van der Waals surface area contributed by atoms with Crippen LogP contribution in [0.2, 0.25) is 0 Å². The summed E-state index contributed by atoms with van der Waals surface area (Å²) in [6.45, 7) is 3.39. The number of nitrogens with zero attached hydrogens (tertiary/aromatic N) is 2. The number of fused-ring (bicyclic) bond motifs is 1. The van der Waals surface area contributed by atoms with Gasteiger partial charge in [-0.1, -0.05) is 0 Å². The minimum atomic E-state index is -4.21. The topological polar surface area (TPSA) is 87.5 Å². The predicted octanol–water partition coefficient (Wildman–Crippen LogP) is 4.25. The second-order valence-electron chi connectivity index (χ2n) is 9.02. The number of carbonyl (C=O) groups is 1. The molecule has 2 aliphatic carbocycles. The third kappa shape index (κ3) is 4.16. The Hall–Kier alpha value is -2.52. The predicted molar refractivity (Wildman–Crippen MR) is 110 cm³/mol. The first-order chi connectivity index (χ1) is 14.6. The molecule has 0 radical (unpaired) electrons. The maximum atomic E-state index is 13.2. The third-order valence-corrected chi connectivity index (χ3v) is 7.03. The molecule has 2 unspecified atom stereocenters. The maximum absolute atomic E-state index is 13.2. The first-order valence-corrected chi connectivity index (χ1v) is 10.7. The number of rotatable bonds is 5. The van der Waals surface area contributed by atoms with Gasteiger partial charge in [-0.15, -0.1) is 0 Å². The van der Waals surface area contributed by atoms with Crippen molar-refractivity contribution in [1.29, 1.82) is 0 Å². The Morgan fingerprint density at radius 1 is 1.19 bits per heavy atom. The lowest BCUT2D eigenvalue weighted by atomic mass is 9.85. The second kappa shape index (κ2) is 7.87. The summed E-state index contributed by atoms with van der Waals surface area (Å²) in [5, 5.41) is 17.4. The zero-order valence-corrected chi connectivity index (χ0v) is 17.6. The van der Waals surface area contributed by atoms with Crippen LogP contribution in [-0.2, 0) is 0 Å². The summed E-state index contributed by atoms with van der Waals surface area (Å²) in [7, 11) is 1.61. The smallest absolute Gasteiger partial charge is 0.382 e. The summed E-state index contributed by atoms with van der Waals surface area (Å²) in [6.07, 6.45) is -2.59. The van der Waals surface area contributed by atoms with Crippen LogP contribution in [0.25, 0.3) is 0 Å². The third-order valence-electron chi connectivity index (χ3n) is 7.03. The standard InChI is InChI=1S/C21H27F3N4O3/c1-11-18(25-2)17(28(30)31)8-16(19(11)27-9-12-7-13(12)10-27)20(29)26-15-5-3-14(4-6-15)21(22,23)24/h8,12-15,25H,3-7,9-10H2,1-2H3,(H,26,29). The van der Waals surface area contributed by atoms with E-state index in [1.807, 2.05) is 0 Å². The van der Waals surface area contributed by atoms with Gasteiger partial charge in [0.1, 0.15) is 5.69 Å². The summed E-state index contributed by atoms with van der Waals surface area (Å²) in [6, 6.07) is 0.934. The van der Waals surface area contributed by atoms with Crippen molar-refractivity contribution in [2.45, 2.75) is 51.2 Å². The molecule has 1 aromatic carbocycles. The van der Waals surface area contributed by atoms with Crippen molar-refractivity contribution >= 4 is 23.0 Å². The second-order valence-corrected chi connectivity index (χ2v) is 9.02. The Bertz CT molecular complexity index is 887. The van der Waals surface area contributed by atoms with Crippen LogP contribution in [0.4, 0.5) is 30.2 Å². The molecule has 3 fully saturated rings. The number of hydrogen-bond donors (Lipinski definition) is 2. The van der Waals surface area contributed by atoms with Crippen LogP contribution in [0.15, 0.2) is 6.07 Å². The van der Waals surface area contributed by atoms with Crippen LogP contribution in [0.3, 0.4) is 0 Å². The number of alkyl halides is 3. The van der Waals surface area contributed by atoms with Crippen molar-refractivity contribution in [3.8, 4) is 0 Å². The molecule has 4 rings (SSSR count). The molecule has 1 aromatic rings. The fourth-order valence-electron chi connectivity index (χ4n) is 5.24. The van der Waals surface area contributed by atoms with Gasteiger partial charge < -0.3 is 15.5 Å². The molecule has 0 bridgehead atoms. The van der Waals surface area contributed by atoms with Gasteiger partial charge in [0, 0.05) is 37.8 Å². The molecule has 0 aromatic heterocycles. The van der Waals surface area contributed by atoms with Crippen LogP contribution in [0.1, 0.15) is 48.0 Å². The number of nitro groups is 1. The molecule has 170 valence electrons. The average molecular weight is 440 g/mol. The normalized spacial score (nSPS) is 27.6. The lowest BCUT2D eigenvalue weighted by Crippen LogP contribution is -2.40. The van der Waals surface area contributed by atoms with Crippen LogP contribution in [-0.4, -0.2) is 43.2 Å². The van der Waals surface area contributed by atoms with Gasteiger partial charge in [-0.25, -0.2) is 0 Å². The molecule has 1 heterocycles. The number of amides is 1. The highest BCUT2D eigenvalue weighted by atomic mass is 19.4. The first-order valence-electron chi connectivity index (χ1n) is 10.7. The number of carbonyl (C=O) groups excluding carboxylic acids is 1. The van der Waals surface area contributed by atoms with E-state index < -0.39 is 22.9 Å². The number of nitrogens with one attached hydrogen (secondary N) is 2. The summed E-state index contributed by atoms with van der Waals surface area (Å²) in [5.74, 6) is -0.590. The van der Waals surface area contributed by atoms with Gasteiger partial charge in [0.15, 0.2) is 0 Å². The zero-order valence-electron chi connectivity index (χ0n) is 17.6. The largest absolute Gasteiger partial charge is 0.391 e. The van der Waals surface area contributed by atoms with Gasteiger partial charge in [-0.2, -0.15) is 13.2 Å². The Labute approximate surface area is 178 Å². The Morgan fingerprint density at radius 2 is 1.81 bits per heavy atom. The number of nitro benzene ring substituents is 1. The summed E-state index contributed by atoms with van der Waals surface area (Å²) < 4.78 is 38.8. The maximum Gasteiger partial charge on any atom is 0.391 e. The molecule has 1 saturated heterocycles. The van der Waals surface area contributed by atoms with Crippen molar-refractivity contribution in [3.05, 3.63) is 27.3 Å². The highest BCUT2D eigenvalue weighted by molar-refractivity contribution is 6.03. The average Bonchev–Trinajstić information content (AvgIpc) is 3.31. The molecule has 3 aliphatic rings. The van der Waals surface area contributed by atoms with Crippen LogP contribution in [0, 0.1) is 34.8 Å². The first kappa shape index (κ1) is 21.7. The molecular weight excluding hydrogens is 413 g/mol. The van der Waals surface area contributed by atoms with Gasteiger partial charge in [0.2, 0.25) is 0 Å². The highest BCUT2D eigenvalue weighted by Gasteiger charge is 2.47. The van der Waals surface area contributed by atoms with E-state index in [1.165, 1.54) is 12.5 Å². The van der Waals surface area contributed by atoms with E-state index in [2.05, 4.69) is 15.5 Å². The molecule has 10 heteroatoms. The monoisotopic (exact) mass is 440 g/mol. The van der Waals surface area contributed by atoms with E-state index >= 15 is 0 Å². The molecule has 2 N–H and O–H groups in total. The molecule has 1 amide bonds. The van der Waals surface area contributed by atoms with Gasteiger partial charge in [-0.3, -0.25) is 14.9 Å². The van der Waals surface area contributed by atoms with Gasteiger partial charge in [0.05, 0.1) is 22.1 Å². The lowest BCUT2D eigenvalue weighted by Gasteiger charge is -2.31. The van der Waals surface area contributed by atoms with Crippen LogP contribution in [0.5, 0.6) is 0 Å². The summed E-state index contributed by atoms with van der Waals surface area (Å²) in [5.41, 5.74) is 1.75. The fraction of sp³-hybridized carbons (Fsp3) is 0.667. The number of benzene rings is 1. The van der Waals surface area contributed by atoms with E-state index in [9.17, 15) is 28.1 Å². The highest BCUT2D eigenvalue weighted by Crippen LogP contribution is 2.49. The van der Waals surface area contributed by atoms with E-state index in [0.717, 1.165) is 13.1 Å². The molecule has 31 heavy (non-hydrogen) atoms. The number of hydrogen-bond acceptors (Lipinski definition) is 5. The van der Waals surface area contributed by atoms with Crippen molar-refractivity contribution in [1.82, 2.24) is 5.32 Å². The molecule has 2 atom stereocenters. The van der Waals surface area contributed by atoms with E-state index in [0.29, 0.717) is 28.8 Å². The van der Waals surface area contributed by atoms with Crippen LogP contribution < -0.4 is 15.5 Å². The lowest BCUT2D eigenvalue weighted by molar-refractivity contribution is -0.384. The number of halogens is 3. The minimum absolute atomic E-state index is 0.0192. The number of piperidine rings is 1. The molecular formula is C21H27F3N4O3. The summed E-state index contributed by atoms with van der Waals surface area (Å²) >= 11 is 0. The SMILES string of the molecule is CNc1c([N+](=O)[O-])cc(C(=O)NC2CCC(C(F)(F)F)CC2)c(N2CC3CC3C2)c1C. The van der Waals surface area contributed by atoms with Crippen molar-refractivity contribution < 1.29 is 22.9 Å². The Balaban J connectivity index is 1.60. The molecule has 1 aliphatic heterocycles. The quantitative estimate of drug-likeness (QED) is 0.528. The van der Waals surface area contributed by atoms with E-state index in [1.54, 1.807) is 14.0 Å². The van der Waals surface area contributed by atoms with Gasteiger partial charge in [-0.05, 0) is 50.9 Å². The minimum Gasteiger partial charge on any atom is -0.382 e. The Kier molecular flexibility index (Phi) is 5.51. The Morgan fingerprint density at radius 3 is 2.32 bits per heavy atom. The van der Waals surface area contributed by atoms with E-state index in [-0.39, 0.29) is 43.0 Å². The summed E-state index contributed by atoms with van der Waals surface area (Å²) in [4.78, 5) is 26.4. The van der Waals surface area contributed by atoms with Gasteiger partial charge in [0.25, 0.3) is 11.6 Å². The van der Waals surface area contributed by atoms with E-state index in [4.69, 9.17) is 0 Å². The molecule has 7 nitrogen and oxygen atoms in total. The molecule has 2 saturated carbocycles. The van der Waals surface area contributed by atoms with Crippen molar-refractivity contribution in [2.24, 2.45) is 17.8 Å². The van der Waals surface area contributed by atoms with Crippen molar-refractivity contribution in [3.63, 3.8) is 0 Å². The zero-order chi connectivity index (χ0) is 22.5. The van der Waals surface area contributed by atoms with Crippen LogP contribution >= 0.6 is 0 Å².